The molecule has 1 saturated heterocycles. The second kappa shape index (κ2) is 7.31. The normalized spacial score (nSPS) is 19.4. The Morgan fingerprint density at radius 2 is 2.23 bits per heavy atom. The van der Waals surface area contributed by atoms with E-state index in [1.165, 1.54) is 0 Å². The number of nitrogens with zero attached hydrogens (tertiary/aromatic N) is 1. The third-order valence-corrected chi connectivity index (χ3v) is 4.21. The minimum Gasteiger partial charge on any atom is -0.383 e. The molecule has 0 spiro atoms. The maximum atomic E-state index is 12.3. The predicted octanol–water partition coefficient (Wildman–Crippen LogP) is 2.82. The molecule has 22 heavy (non-hydrogen) atoms. The highest BCUT2D eigenvalue weighted by Crippen LogP contribution is 2.27. The summed E-state index contributed by atoms with van der Waals surface area (Å²) in [6.07, 6.45) is 0.200. The summed E-state index contributed by atoms with van der Waals surface area (Å²) in [4.78, 5) is 26.0. The molecule has 1 aromatic carbocycles. The van der Waals surface area contributed by atoms with Crippen LogP contribution in [-0.2, 0) is 14.3 Å². The highest BCUT2D eigenvalue weighted by atomic mass is 35.5. The first kappa shape index (κ1) is 17.1. The van der Waals surface area contributed by atoms with Crippen molar-refractivity contribution in [1.82, 2.24) is 4.90 Å². The van der Waals surface area contributed by atoms with Gasteiger partial charge in [-0.3, -0.25) is 9.59 Å². The molecule has 2 amide bonds. The molecule has 2 rings (SSSR count). The van der Waals surface area contributed by atoms with E-state index in [4.69, 9.17) is 27.9 Å². The van der Waals surface area contributed by atoms with E-state index in [1.807, 2.05) is 6.92 Å². The Balaban J connectivity index is 2.00. The van der Waals surface area contributed by atoms with Gasteiger partial charge >= 0.3 is 0 Å². The van der Waals surface area contributed by atoms with Crippen LogP contribution >= 0.6 is 23.2 Å². The van der Waals surface area contributed by atoms with Crippen molar-refractivity contribution in [2.75, 3.05) is 25.6 Å². The van der Waals surface area contributed by atoms with Crippen molar-refractivity contribution < 1.29 is 14.3 Å². The van der Waals surface area contributed by atoms with Gasteiger partial charge in [-0.15, -0.1) is 0 Å². The standard InChI is InChI=1S/C15H18Cl2N2O3/c1-9(8-22-2)19-7-10(5-14(19)20)15(21)18-13-4-3-11(16)6-12(13)17/h3-4,6,9-10H,5,7-8H2,1-2H3,(H,18,21)/t9-,10-/m1/s1. The molecule has 2 atom stereocenters. The fraction of sp³-hybridized carbons (Fsp3) is 0.467. The second-order valence-corrected chi connectivity index (χ2v) is 6.21. The Hall–Kier alpha value is -1.30. The van der Waals surface area contributed by atoms with E-state index in [2.05, 4.69) is 5.32 Å². The van der Waals surface area contributed by atoms with Gasteiger partial charge in [-0.05, 0) is 25.1 Å². The molecule has 1 aromatic rings. The Kier molecular flexibility index (Phi) is 5.67. The van der Waals surface area contributed by atoms with Gasteiger partial charge in [0.25, 0.3) is 0 Å². The number of halogens is 2. The van der Waals surface area contributed by atoms with Crippen molar-refractivity contribution in [3.63, 3.8) is 0 Å². The lowest BCUT2D eigenvalue weighted by atomic mass is 10.1. The number of ether oxygens (including phenoxy) is 1. The van der Waals surface area contributed by atoms with Gasteiger partial charge in [0, 0.05) is 25.1 Å². The zero-order chi connectivity index (χ0) is 16.3. The molecule has 5 nitrogen and oxygen atoms in total. The van der Waals surface area contributed by atoms with Gasteiger partial charge in [-0.25, -0.2) is 0 Å². The van der Waals surface area contributed by atoms with Crippen LogP contribution in [0.1, 0.15) is 13.3 Å². The topological polar surface area (TPSA) is 58.6 Å². The number of anilines is 1. The molecule has 0 saturated carbocycles. The highest BCUT2D eigenvalue weighted by Gasteiger charge is 2.36. The number of nitrogens with one attached hydrogen (secondary N) is 1. The van der Waals surface area contributed by atoms with Crippen LogP contribution in [0.2, 0.25) is 10.0 Å². The monoisotopic (exact) mass is 344 g/mol. The zero-order valence-corrected chi connectivity index (χ0v) is 13.9. The van der Waals surface area contributed by atoms with E-state index in [1.54, 1.807) is 30.2 Å². The van der Waals surface area contributed by atoms with Crippen LogP contribution in [0.25, 0.3) is 0 Å². The first-order chi connectivity index (χ1) is 10.4. The van der Waals surface area contributed by atoms with Crippen LogP contribution in [-0.4, -0.2) is 43.0 Å². The molecule has 120 valence electrons. The first-order valence-corrected chi connectivity index (χ1v) is 7.72. The summed E-state index contributed by atoms with van der Waals surface area (Å²) in [6, 6.07) is 4.81. The number of carbonyl (C=O) groups is 2. The Labute approximate surface area is 139 Å². The van der Waals surface area contributed by atoms with Crippen LogP contribution in [0.15, 0.2) is 18.2 Å². The number of hydrogen-bond donors (Lipinski definition) is 1. The number of benzene rings is 1. The molecular formula is C15H18Cl2N2O3. The molecule has 1 aliphatic rings. The summed E-state index contributed by atoms with van der Waals surface area (Å²) in [5.74, 6) is -0.643. The predicted molar refractivity (Wildman–Crippen MR) is 86.2 cm³/mol. The van der Waals surface area contributed by atoms with E-state index in [0.717, 1.165) is 0 Å². The Morgan fingerprint density at radius 1 is 1.50 bits per heavy atom. The van der Waals surface area contributed by atoms with Gasteiger partial charge in [-0.2, -0.15) is 0 Å². The number of amides is 2. The third-order valence-electron chi connectivity index (χ3n) is 3.66. The average Bonchev–Trinajstić information content (AvgIpc) is 2.84. The number of rotatable bonds is 5. The largest absolute Gasteiger partial charge is 0.383 e. The summed E-state index contributed by atoms with van der Waals surface area (Å²) in [5.41, 5.74) is 0.493. The molecule has 7 heteroatoms. The fourth-order valence-corrected chi connectivity index (χ4v) is 2.95. The number of carbonyl (C=O) groups excluding carboxylic acids is 2. The molecule has 1 N–H and O–H groups in total. The van der Waals surface area contributed by atoms with Crippen molar-refractivity contribution in [3.05, 3.63) is 28.2 Å². The lowest BCUT2D eigenvalue weighted by Crippen LogP contribution is -2.38. The minimum atomic E-state index is -0.390. The number of hydrogen-bond acceptors (Lipinski definition) is 3. The summed E-state index contributed by atoms with van der Waals surface area (Å²) in [7, 11) is 1.59. The van der Waals surface area contributed by atoms with Crippen LogP contribution in [0.3, 0.4) is 0 Å². The van der Waals surface area contributed by atoms with Crippen LogP contribution in [0.5, 0.6) is 0 Å². The summed E-state index contributed by atoms with van der Waals surface area (Å²) in [5, 5.41) is 3.62. The molecule has 0 unspecified atom stereocenters. The summed E-state index contributed by atoms with van der Waals surface area (Å²) in [6.45, 7) is 2.74. The van der Waals surface area contributed by atoms with E-state index in [-0.39, 0.29) is 24.3 Å². The molecule has 0 aromatic heterocycles. The SMILES string of the molecule is COC[C@@H](C)N1C[C@H](C(=O)Nc2ccc(Cl)cc2Cl)CC1=O. The third kappa shape index (κ3) is 3.91. The maximum Gasteiger partial charge on any atom is 0.229 e. The molecule has 0 bridgehead atoms. The molecule has 1 fully saturated rings. The van der Waals surface area contributed by atoms with Crippen molar-refractivity contribution in [2.45, 2.75) is 19.4 Å². The zero-order valence-electron chi connectivity index (χ0n) is 12.4. The lowest BCUT2D eigenvalue weighted by Gasteiger charge is -2.23. The number of likely N-dealkylation sites (tertiary alicyclic amines) is 1. The maximum absolute atomic E-state index is 12.3. The summed E-state index contributed by atoms with van der Waals surface area (Å²) < 4.78 is 5.06. The average molecular weight is 345 g/mol. The van der Waals surface area contributed by atoms with Crippen LogP contribution < -0.4 is 5.32 Å². The molecule has 1 aliphatic heterocycles. The van der Waals surface area contributed by atoms with Gasteiger partial charge in [0.15, 0.2) is 0 Å². The van der Waals surface area contributed by atoms with E-state index >= 15 is 0 Å². The summed E-state index contributed by atoms with van der Waals surface area (Å²) >= 11 is 11.9. The van der Waals surface area contributed by atoms with Gasteiger partial charge in [0.05, 0.1) is 29.3 Å². The van der Waals surface area contributed by atoms with E-state index in [0.29, 0.717) is 28.9 Å². The molecule has 1 heterocycles. The van der Waals surface area contributed by atoms with E-state index < -0.39 is 5.92 Å². The van der Waals surface area contributed by atoms with E-state index in [9.17, 15) is 9.59 Å². The van der Waals surface area contributed by atoms with Gasteiger partial charge in [0.1, 0.15) is 0 Å². The Morgan fingerprint density at radius 3 is 2.86 bits per heavy atom. The second-order valence-electron chi connectivity index (χ2n) is 5.36. The minimum absolute atomic E-state index is 0.0353. The van der Waals surface area contributed by atoms with Crippen LogP contribution in [0, 0.1) is 5.92 Å². The van der Waals surface area contributed by atoms with Crippen LogP contribution in [0.4, 0.5) is 5.69 Å². The van der Waals surface area contributed by atoms with Gasteiger partial charge in [0.2, 0.25) is 11.8 Å². The molecular weight excluding hydrogens is 327 g/mol. The van der Waals surface area contributed by atoms with Gasteiger partial charge in [-0.1, -0.05) is 23.2 Å². The quantitative estimate of drug-likeness (QED) is 0.893. The fourth-order valence-electron chi connectivity index (χ4n) is 2.49. The molecule has 0 aliphatic carbocycles. The Bertz CT molecular complexity index is 580. The van der Waals surface area contributed by atoms with Crippen molar-refractivity contribution in [2.24, 2.45) is 5.92 Å². The van der Waals surface area contributed by atoms with Crippen molar-refractivity contribution >= 4 is 40.7 Å². The highest BCUT2D eigenvalue weighted by molar-refractivity contribution is 6.36. The number of methoxy groups -OCH3 is 1. The lowest BCUT2D eigenvalue weighted by molar-refractivity contribution is -0.130. The first-order valence-electron chi connectivity index (χ1n) is 6.96. The van der Waals surface area contributed by atoms with Crippen molar-refractivity contribution in [3.8, 4) is 0 Å². The smallest absolute Gasteiger partial charge is 0.229 e. The van der Waals surface area contributed by atoms with Crippen molar-refractivity contribution in [1.29, 1.82) is 0 Å². The molecule has 0 radical (unpaired) electrons. The van der Waals surface area contributed by atoms with Gasteiger partial charge < -0.3 is 15.0 Å².